The molecule has 5 nitrogen and oxygen atoms in total. The van der Waals surface area contributed by atoms with Crippen molar-refractivity contribution in [3.05, 3.63) is 69.6 Å². The average Bonchev–Trinajstić information content (AvgIpc) is 2.99. The monoisotopic (exact) mass is 394 g/mol. The maximum atomic E-state index is 12.8. The van der Waals surface area contributed by atoms with Crippen LogP contribution >= 0.6 is 11.8 Å². The molecule has 3 rings (SSSR count). The normalized spacial score (nSPS) is 16.9. The summed E-state index contributed by atoms with van der Waals surface area (Å²) >= 11 is 1.37. The molecule has 6 heteroatoms. The number of esters is 1. The van der Waals surface area contributed by atoms with E-state index < -0.39 is 0 Å². The Morgan fingerprint density at radius 1 is 1.14 bits per heavy atom. The average molecular weight is 394 g/mol. The highest BCUT2D eigenvalue weighted by Crippen LogP contribution is 2.35. The van der Waals surface area contributed by atoms with Crippen molar-refractivity contribution >= 4 is 40.6 Å². The van der Waals surface area contributed by atoms with Crippen molar-refractivity contribution in [2.45, 2.75) is 20.8 Å². The van der Waals surface area contributed by atoms with Crippen molar-refractivity contribution in [1.29, 1.82) is 0 Å². The van der Waals surface area contributed by atoms with Crippen LogP contribution in [0.15, 0.2) is 52.4 Å². The first-order valence-electron chi connectivity index (χ1n) is 8.99. The lowest BCUT2D eigenvalue weighted by Crippen LogP contribution is -2.28. The zero-order valence-electron chi connectivity index (χ0n) is 16.4. The molecule has 0 N–H and O–H groups in total. The molecule has 0 aromatic heterocycles. The number of rotatable bonds is 4. The minimum atomic E-state index is -0.384. The maximum absolute atomic E-state index is 12.8. The SMILES string of the molecule is CCN1C(=O)/C(=C\c2ccc(C(=O)OC)cc2)SC1=Nc1c(C)cccc1C. The van der Waals surface area contributed by atoms with Gasteiger partial charge < -0.3 is 4.74 Å². The van der Waals surface area contributed by atoms with E-state index in [1.165, 1.54) is 18.9 Å². The van der Waals surface area contributed by atoms with Crippen LogP contribution in [0.2, 0.25) is 0 Å². The summed E-state index contributed by atoms with van der Waals surface area (Å²) in [6.45, 7) is 6.52. The number of aliphatic imine (C=N–C) groups is 1. The van der Waals surface area contributed by atoms with Crippen molar-refractivity contribution in [1.82, 2.24) is 4.90 Å². The molecule has 0 radical (unpaired) electrons. The van der Waals surface area contributed by atoms with Crippen LogP contribution in [0.25, 0.3) is 6.08 Å². The Balaban J connectivity index is 1.92. The van der Waals surface area contributed by atoms with Crippen LogP contribution < -0.4 is 0 Å². The Morgan fingerprint density at radius 3 is 2.36 bits per heavy atom. The molecule has 0 unspecified atom stereocenters. The zero-order chi connectivity index (χ0) is 20.3. The van der Waals surface area contributed by atoms with Crippen LogP contribution in [-0.4, -0.2) is 35.6 Å². The second-order valence-electron chi connectivity index (χ2n) is 6.41. The quantitative estimate of drug-likeness (QED) is 0.556. The third kappa shape index (κ3) is 4.02. The van der Waals surface area contributed by atoms with Gasteiger partial charge in [-0.2, -0.15) is 0 Å². The van der Waals surface area contributed by atoms with E-state index in [2.05, 4.69) is 0 Å². The van der Waals surface area contributed by atoms with E-state index in [0.717, 1.165) is 22.4 Å². The Hall–Kier alpha value is -2.86. The van der Waals surface area contributed by atoms with Gasteiger partial charge in [-0.3, -0.25) is 9.69 Å². The highest BCUT2D eigenvalue weighted by atomic mass is 32.2. The number of hydrogen-bond donors (Lipinski definition) is 0. The van der Waals surface area contributed by atoms with Gasteiger partial charge in [0.1, 0.15) is 0 Å². The number of ether oxygens (including phenoxy) is 1. The molecule has 1 aliphatic heterocycles. The highest BCUT2D eigenvalue weighted by molar-refractivity contribution is 8.18. The maximum Gasteiger partial charge on any atom is 0.337 e. The summed E-state index contributed by atoms with van der Waals surface area (Å²) in [6, 6.07) is 13.0. The van der Waals surface area contributed by atoms with Gasteiger partial charge in [0.15, 0.2) is 5.17 Å². The summed E-state index contributed by atoms with van der Waals surface area (Å²) in [7, 11) is 1.35. The molecule has 0 bridgehead atoms. The second kappa shape index (κ2) is 8.44. The summed E-state index contributed by atoms with van der Waals surface area (Å²) in [5, 5.41) is 0.683. The smallest absolute Gasteiger partial charge is 0.337 e. The van der Waals surface area contributed by atoms with E-state index in [1.807, 2.05) is 45.0 Å². The molecule has 1 fully saturated rings. The van der Waals surface area contributed by atoms with Crippen LogP contribution in [0.3, 0.4) is 0 Å². The van der Waals surface area contributed by atoms with E-state index in [-0.39, 0.29) is 11.9 Å². The molecule has 2 aromatic carbocycles. The summed E-state index contributed by atoms with van der Waals surface area (Å²) in [5.41, 5.74) is 4.37. The Morgan fingerprint density at radius 2 is 1.79 bits per heavy atom. The lowest BCUT2D eigenvalue weighted by atomic mass is 10.1. The molecule has 0 saturated carbocycles. The van der Waals surface area contributed by atoms with Crippen LogP contribution in [0.1, 0.15) is 34.0 Å². The number of methoxy groups -OCH3 is 1. The first-order valence-corrected chi connectivity index (χ1v) is 9.81. The summed E-state index contributed by atoms with van der Waals surface area (Å²) < 4.78 is 4.71. The molecule has 1 saturated heterocycles. The van der Waals surface area contributed by atoms with Gasteiger partial charge in [0.25, 0.3) is 5.91 Å². The van der Waals surface area contributed by atoms with Crippen molar-refractivity contribution in [2.24, 2.45) is 4.99 Å². The third-order valence-electron chi connectivity index (χ3n) is 4.48. The second-order valence-corrected chi connectivity index (χ2v) is 7.42. The molecule has 28 heavy (non-hydrogen) atoms. The largest absolute Gasteiger partial charge is 0.465 e. The van der Waals surface area contributed by atoms with Gasteiger partial charge in [-0.15, -0.1) is 0 Å². The van der Waals surface area contributed by atoms with Gasteiger partial charge >= 0.3 is 5.97 Å². The van der Waals surface area contributed by atoms with Gasteiger partial charge in [-0.1, -0.05) is 30.3 Å². The van der Waals surface area contributed by atoms with E-state index in [9.17, 15) is 9.59 Å². The van der Waals surface area contributed by atoms with Gasteiger partial charge in [0, 0.05) is 6.54 Å². The van der Waals surface area contributed by atoms with Crippen molar-refractivity contribution in [3.8, 4) is 0 Å². The van der Waals surface area contributed by atoms with Crippen molar-refractivity contribution in [3.63, 3.8) is 0 Å². The molecule has 0 atom stereocenters. The van der Waals surface area contributed by atoms with Gasteiger partial charge in [0.2, 0.25) is 0 Å². The van der Waals surface area contributed by atoms with Gasteiger partial charge in [-0.05, 0) is 67.4 Å². The summed E-state index contributed by atoms with van der Waals surface area (Å²) in [5.74, 6) is -0.444. The predicted molar refractivity (Wildman–Crippen MR) is 114 cm³/mol. The molecular formula is C22H22N2O3S. The number of aryl methyl sites for hydroxylation is 2. The minimum absolute atomic E-state index is 0.0606. The molecule has 0 spiro atoms. The first kappa shape index (κ1) is 19.9. The third-order valence-corrected chi connectivity index (χ3v) is 5.49. The number of amides is 1. The molecule has 2 aromatic rings. The summed E-state index contributed by atoms with van der Waals surface area (Å²) in [6.07, 6.45) is 1.82. The summed E-state index contributed by atoms with van der Waals surface area (Å²) in [4.78, 5) is 31.4. The molecule has 1 heterocycles. The Kier molecular flexibility index (Phi) is 5.99. The number of likely N-dealkylation sites (N-methyl/N-ethyl adjacent to an activating group) is 1. The first-order chi connectivity index (χ1) is 13.4. The number of thioether (sulfide) groups is 1. The van der Waals surface area contributed by atoms with Gasteiger partial charge in [0.05, 0.1) is 23.3 Å². The van der Waals surface area contributed by atoms with E-state index in [1.54, 1.807) is 29.2 Å². The van der Waals surface area contributed by atoms with E-state index >= 15 is 0 Å². The van der Waals surface area contributed by atoms with Gasteiger partial charge in [-0.25, -0.2) is 9.79 Å². The number of amidine groups is 1. The number of benzene rings is 2. The van der Waals surface area contributed by atoms with E-state index in [0.29, 0.717) is 22.2 Å². The standard InChI is InChI=1S/C22H22N2O3S/c1-5-24-20(25)18(13-16-9-11-17(12-10-16)21(26)27-4)28-22(24)23-19-14(2)7-6-8-15(19)3/h6-13H,5H2,1-4H3/b18-13+,23-22?. The molecule has 1 amide bonds. The molecule has 1 aliphatic rings. The fourth-order valence-electron chi connectivity index (χ4n) is 2.93. The number of carbonyl (C=O) groups is 2. The van der Waals surface area contributed by atoms with Crippen LogP contribution in [0.5, 0.6) is 0 Å². The molecule has 0 aliphatic carbocycles. The Labute approximate surface area is 169 Å². The molecule has 144 valence electrons. The minimum Gasteiger partial charge on any atom is -0.465 e. The fraction of sp³-hybridized carbons (Fsp3) is 0.227. The predicted octanol–water partition coefficient (Wildman–Crippen LogP) is 4.71. The van der Waals surface area contributed by atoms with Crippen LogP contribution in [-0.2, 0) is 9.53 Å². The van der Waals surface area contributed by atoms with E-state index in [4.69, 9.17) is 9.73 Å². The number of nitrogens with zero attached hydrogens (tertiary/aromatic N) is 2. The number of para-hydroxylation sites is 1. The zero-order valence-corrected chi connectivity index (χ0v) is 17.2. The van der Waals surface area contributed by atoms with Crippen LogP contribution in [0, 0.1) is 13.8 Å². The lowest BCUT2D eigenvalue weighted by molar-refractivity contribution is -0.122. The number of carbonyl (C=O) groups excluding carboxylic acids is 2. The molecular weight excluding hydrogens is 372 g/mol. The topological polar surface area (TPSA) is 59.0 Å². The highest BCUT2D eigenvalue weighted by Gasteiger charge is 2.32. The van der Waals surface area contributed by atoms with Crippen LogP contribution in [0.4, 0.5) is 5.69 Å². The Bertz CT molecular complexity index is 958. The number of hydrogen-bond acceptors (Lipinski definition) is 5. The van der Waals surface area contributed by atoms with Crippen molar-refractivity contribution < 1.29 is 14.3 Å². The lowest BCUT2D eigenvalue weighted by Gasteiger charge is -2.13. The fourth-order valence-corrected chi connectivity index (χ4v) is 3.98. The van der Waals surface area contributed by atoms with Crippen molar-refractivity contribution in [2.75, 3.05) is 13.7 Å².